The van der Waals surface area contributed by atoms with Crippen LogP contribution in [0.3, 0.4) is 0 Å². The third kappa shape index (κ3) is 3.21. The van der Waals surface area contributed by atoms with Gasteiger partial charge in [-0.1, -0.05) is 23.8 Å². The van der Waals surface area contributed by atoms with Crippen LogP contribution < -0.4 is 0 Å². The Bertz CT molecular complexity index is 695. The van der Waals surface area contributed by atoms with E-state index in [0.717, 1.165) is 15.5 Å². The fraction of sp³-hybridized carbons (Fsp3) is 0.143. The van der Waals surface area contributed by atoms with Crippen molar-refractivity contribution in [3.8, 4) is 0 Å². The van der Waals surface area contributed by atoms with Crippen LogP contribution in [0.5, 0.6) is 0 Å². The Kier molecular flexibility index (Phi) is 4.14. The number of hydrazone groups is 1. The van der Waals surface area contributed by atoms with Gasteiger partial charge < -0.3 is 0 Å². The SMILES string of the molecule is Cc1ccc(S(=O)(=O)N(C)N=Cc2cccnc2)cc1. The lowest BCUT2D eigenvalue weighted by Gasteiger charge is -2.13. The standard InChI is InChI=1S/C14H15N3O2S/c1-12-5-7-14(8-6-12)20(18,19)17(2)16-11-13-4-3-9-15-10-13/h3-11H,1-2H3. The topological polar surface area (TPSA) is 62.6 Å². The average molecular weight is 289 g/mol. The maximum atomic E-state index is 12.3. The summed E-state index contributed by atoms with van der Waals surface area (Å²) in [5.41, 5.74) is 1.74. The van der Waals surface area contributed by atoms with Gasteiger partial charge in [0.2, 0.25) is 0 Å². The first kappa shape index (κ1) is 14.2. The van der Waals surface area contributed by atoms with Gasteiger partial charge in [0, 0.05) is 25.0 Å². The molecule has 0 atom stereocenters. The number of rotatable bonds is 4. The molecular formula is C14H15N3O2S. The zero-order chi connectivity index (χ0) is 14.6. The second-order valence-corrected chi connectivity index (χ2v) is 6.23. The highest BCUT2D eigenvalue weighted by molar-refractivity contribution is 7.89. The smallest absolute Gasteiger partial charge is 0.264 e. The molecule has 0 aliphatic carbocycles. The Morgan fingerprint density at radius 2 is 1.90 bits per heavy atom. The maximum absolute atomic E-state index is 12.3. The van der Waals surface area contributed by atoms with E-state index < -0.39 is 10.0 Å². The van der Waals surface area contributed by atoms with Gasteiger partial charge in [-0.2, -0.15) is 17.9 Å². The second-order valence-electron chi connectivity index (χ2n) is 4.28. The van der Waals surface area contributed by atoms with Gasteiger partial charge in [-0.15, -0.1) is 0 Å². The number of pyridine rings is 1. The van der Waals surface area contributed by atoms with Crippen molar-refractivity contribution in [2.24, 2.45) is 5.10 Å². The number of hydrogen-bond donors (Lipinski definition) is 0. The van der Waals surface area contributed by atoms with Crippen molar-refractivity contribution < 1.29 is 8.42 Å². The van der Waals surface area contributed by atoms with Crippen LogP contribution in [0, 0.1) is 6.92 Å². The van der Waals surface area contributed by atoms with E-state index in [-0.39, 0.29) is 4.90 Å². The monoisotopic (exact) mass is 289 g/mol. The van der Waals surface area contributed by atoms with Crippen LogP contribution in [-0.2, 0) is 10.0 Å². The van der Waals surface area contributed by atoms with E-state index in [0.29, 0.717) is 0 Å². The van der Waals surface area contributed by atoms with Crippen LogP contribution in [0.1, 0.15) is 11.1 Å². The molecule has 0 saturated heterocycles. The molecule has 0 aliphatic heterocycles. The van der Waals surface area contributed by atoms with Gasteiger partial charge in [0.05, 0.1) is 11.1 Å². The molecule has 0 aliphatic rings. The average Bonchev–Trinajstić information content (AvgIpc) is 2.46. The number of aryl methyl sites for hydroxylation is 1. The van der Waals surface area contributed by atoms with Crippen molar-refractivity contribution >= 4 is 16.2 Å². The summed E-state index contributed by atoms with van der Waals surface area (Å²) in [6, 6.07) is 10.2. The Morgan fingerprint density at radius 1 is 1.20 bits per heavy atom. The van der Waals surface area contributed by atoms with E-state index in [4.69, 9.17) is 0 Å². The first-order chi connectivity index (χ1) is 9.50. The molecule has 0 N–H and O–H groups in total. The quantitative estimate of drug-likeness (QED) is 0.639. The molecule has 0 amide bonds. The number of benzene rings is 1. The van der Waals surface area contributed by atoms with Crippen LogP contribution in [0.15, 0.2) is 58.8 Å². The Hall–Kier alpha value is -2.21. The Morgan fingerprint density at radius 3 is 2.50 bits per heavy atom. The minimum Gasteiger partial charge on any atom is -0.264 e. The summed E-state index contributed by atoms with van der Waals surface area (Å²) in [5.74, 6) is 0. The van der Waals surface area contributed by atoms with Crippen molar-refractivity contribution in [3.63, 3.8) is 0 Å². The largest absolute Gasteiger partial charge is 0.278 e. The van der Waals surface area contributed by atoms with Crippen molar-refractivity contribution in [2.75, 3.05) is 7.05 Å². The Labute approximate surface area is 118 Å². The van der Waals surface area contributed by atoms with Gasteiger partial charge in [-0.25, -0.2) is 0 Å². The lowest BCUT2D eigenvalue weighted by molar-refractivity contribution is 0.491. The molecule has 0 spiro atoms. The van der Waals surface area contributed by atoms with Gasteiger partial charge in [0.25, 0.3) is 10.0 Å². The third-order valence-corrected chi connectivity index (χ3v) is 4.38. The van der Waals surface area contributed by atoms with Crippen LogP contribution in [0.2, 0.25) is 0 Å². The predicted molar refractivity (Wildman–Crippen MR) is 78.0 cm³/mol. The molecule has 0 unspecified atom stereocenters. The summed E-state index contributed by atoms with van der Waals surface area (Å²) in [5, 5.41) is 3.95. The summed E-state index contributed by atoms with van der Waals surface area (Å²) in [7, 11) is -2.21. The lowest BCUT2D eigenvalue weighted by Crippen LogP contribution is -2.21. The number of sulfonamides is 1. The van der Waals surface area contributed by atoms with Crippen LogP contribution >= 0.6 is 0 Å². The highest BCUT2D eigenvalue weighted by Gasteiger charge is 2.18. The fourth-order valence-electron chi connectivity index (χ4n) is 1.53. The van der Waals surface area contributed by atoms with Crippen molar-refractivity contribution in [2.45, 2.75) is 11.8 Å². The number of nitrogens with zero attached hydrogens (tertiary/aromatic N) is 3. The molecule has 2 rings (SSSR count). The predicted octanol–water partition coefficient (Wildman–Crippen LogP) is 2.04. The first-order valence-electron chi connectivity index (χ1n) is 6.00. The summed E-state index contributed by atoms with van der Waals surface area (Å²) < 4.78 is 25.5. The van der Waals surface area contributed by atoms with Crippen LogP contribution in [0.25, 0.3) is 0 Å². The molecule has 0 saturated carbocycles. The minimum absolute atomic E-state index is 0.217. The molecule has 104 valence electrons. The highest BCUT2D eigenvalue weighted by atomic mass is 32.2. The minimum atomic E-state index is -3.61. The second kappa shape index (κ2) is 5.83. The van der Waals surface area contributed by atoms with Gasteiger partial charge in [0.1, 0.15) is 0 Å². The summed E-state index contributed by atoms with van der Waals surface area (Å²) in [4.78, 5) is 4.15. The molecule has 20 heavy (non-hydrogen) atoms. The molecule has 0 radical (unpaired) electrons. The molecule has 6 heteroatoms. The number of aromatic nitrogens is 1. The molecule has 2 aromatic rings. The van der Waals surface area contributed by atoms with Gasteiger partial charge in [-0.05, 0) is 25.1 Å². The summed E-state index contributed by atoms with van der Waals surface area (Å²) >= 11 is 0. The van der Waals surface area contributed by atoms with E-state index in [1.807, 2.05) is 6.92 Å². The zero-order valence-corrected chi connectivity index (χ0v) is 12.1. The van der Waals surface area contributed by atoms with E-state index in [9.17, 15) is 8.42 Å². The molecule has 5 nitrogen and oxygen atoms in total. The van der Waals surface area contributed by atoms with Crippen molar-refractivity contribution in [1.82, 2.24) is 9.40 Å². The van der Waals surface area contributed by atoms with Gasteiger partial charge >= 0.3 is 0 Å². The van der Waals surface area contributed by atoms with Crippen molar-refractivity contribution in [1.29, 1.82) is 0 Å². The molecule has 0 fully saturated rings. The lowest BCUT2D eigenvalue weighted by atomic mass is 10.2. The van der Waals surface area contributed by atoms with Crippen LogP contribution in [0.4, 0.5) is 0 Å². The van der Waals surface area contributed by atoms with E-state index >= 15 is 0 Å². The first-order valence-corrected chi connectivity index (χ1v) is 7.44. The number of hydrogen-bond acceptors (Lipinski definition) is 4. The molecule has 1 heterocycles. The van der Waals surface area contributed by atoms with Crippen molar-refractivity contribution in [3.05, 3.63) is 59.9 Å². The van der Waals surface area contributed by atoms with E-state index in [1.165, 1.54) is 13.3 Å². The normalized spacial score (nSPS) is 11.7. The molecule has 1 aromatic heterocycles. The summed E-state index contributed by atoms with van der Waals surface area (Å²) in [6.07, 6.45) is 4.71. The zero-order valence-electron chi connectivity index (χ0n) is 11.3. The van der Waals surface area contributed by atoms with Crippen LogP contribution in [-0.4, -0.2) is 31.1 Å². The highest BCUT2D eigenvalue weighted by Crippen LogP contribution is 2.15. The molecule has 0 bridgehead atoms. The van der Waals surface area contributed by atoms with Gasteiger partial charge in [-0.3, -0.25) is 4.98 Å². The van der Waals surface area contributed by atoms with E-state index in [1.54, 1.807) is 48.8 Å². The molecular weight excluding hydrogens is 274 g/mol. The molecule has 1 aromatic carbocycles. The van der Waals surface area contributed by atoms with E-state index in [2.05, 4.69) is 10.1 Å². The third-order valence-electron chi connectivity index (χ3n) is 2.72. The summed E-state index contributed by atoms with van der Waals surface area (Å²) in [6.45, 7) is 1.90. The fourth-order valence-corrected chi connectivity index (χ4v) is 2.48. The van der Waals surface area contributed by atoms with Gasteiger partial charge in [0.15, 0.2) is 0 Å². The maximum Gasteiger partial charge on any atom is 0.278 e. The Balaban J connectivity index is 2.21.